The van der Waals surface area contributed by atoms with E-state index in [0.717, 1.165) is 24.0 Å². The summed E-state index contributed by atoms with van der Waals surface area (Å²) in [4.78, 5) is 12.2. The zero-order chi connectivity index (χ0) is 19.2. The van der Waals surface area contributed by atoms with Gasteiger partial charge in [0.25, 0.3) is 15.9 Å². The number of anilines is 1. The smallest absolute Gasteiger partial charge is 0.261 e. The van der Waals surface area contributed by atoms with Gasteiger partial charge in [-0.25, -0.2) is 8.42 Å². The highest BCUT2D eigenvalue weighted by atomic mass is 35.5. The molecule has 148 valence electrons. The molecule has 0 aliphatic carbocycles. The molecule has 0 radical (unpaired) electrons. The Balaban J connectivity index is 0.00000364. The Bertz CT molecular complexity index is 868. The van der Waals surface area contributed by atoms with Gasteiger partial charge >= 0.3 is 0 Å². The summed E-state index contributed by atoms with van der Waals surface area (Å²) in [6, 6.07) is 11.3. The topological polar surface area (TPSA) is 101 Å². The number of unbranched alkanes of at least 4 members (excludes halogenated alkanes) is 1. The molecule has 0 aromatic heterocycles. The van der Waals surface area contributed by atoms with Crippen molar-refractivity contribution in [2.45, 2.75) is 31.6 Å². The molecule has 0 aliphatic rings. The van der Waals surface area contributed by atoms with E-state index in [2.05, 4.69) is 10.0 Å². The first kappa shape index (κ1) is 23.0. The van der Waals surface area contributed by atoms with Crippen LogP contribution in [0.1, 0.15) is 34.3 Å². The number of benzene rings is 2. The predicted molar refractivity (Wildman–Crippen MR) is 111 cm³/mol. The van der Waals surface area contributed by atoms with Crippen LogP contribution in [0.3, 0.4) is 0 Å². The van der Waals surface area contributed by atoms with E-state index in [4.69, 9.17) is 5.73 Å². The highest BCUT2D eigenvalue weighted by molar-refractivity contribution is 7.92. The summed E-state index contributed by atoms with van der Waals surface area (Å²) < 4.78 is 27.5. The molecule has 0 atom stereocenters. The summed E-state index contributed by atoms with van der Waals surface area (Å²) in [5, 5.41) is 2.81. The maximum absolute atomic E-state index is 12.5. The molecule has 2 aromatic rings. The zero-order valence-corrected chi connectivity index (χ0v) is 17.1. The molecule has 8 heteroatoms. The summed E-state index contributed by atoms with van der Waals surface area (Å²) in [5.74, 6) is -0.189. The van der Waals surface area contributed by atoms with E-state index in [1.54, 1.807) is 42.5 Å². The van der Waals surface area contributed by atoms with Gasteiger partial charge in [-0.05, 0) is 80.8 Å². The van der Waals surface area contributed by atoms with Gasteiger partial charge in [0.1, 0.15) is 0 Å². The van der Waals surface area contributed by atoms with Crippen LogP contribution in [0, 0.1) is 13.8 Å². The molecule has 0 unspecified atom stereocenters. The highest BCUT2D eigenvalue weighted by Gasteiger charge is 2.15. The van der Waals surface area contributed by atoms with Crippen LogP contribution in [0.15, 0.2) is 47.4 Å². The lowest BCUT2D eigenvalue weighted by atomic mass is 10.1. The number of sulfonamides is 1. The van der Waals surface area contributed by atoms with Gasteiger partial charge < -0.3 is 11.1 Å². The van der Waals surface area contributed by atoms with Crippen LogP contribution >= 0.6 is 12.4 Å². The number of hydrogen-bond acceptors (Lipinski definition) is 4. The quantitative estimate of drug-likeness (QED) is 0.581. The van der Waals surface area contributed by atoms with Crippen LogP contribution in [-0.4, -0.2) is 27.4 Å². The molecule has 2 aromatic carbocycles. The van der Waals surface area contributed by atoms with E-state index in [-0.39, 0.29) is 23.2 Å². The molecule has 0 heterocycles. The maximum atomic E-state index is 12.5. The summed E-state index contributed by atoms with van der Waals surface area (Å²) in [5.41, 5.74) is 8.24. The van der Waals surface area contributed by atoms with Crippen molar-refractivity contribution in [3.05, 3.63) is 59.2 Å². The number of aryl methyl sites for hydroxylation is 2. The van der Waals surface area contributed by atoms with Crippen molar-refractivity contribution in [1.82, 2.24) is 5.32 Å². The van der Waals surface area contributed by atoms with Gasteiger partial charge in [-0.1, -0.05) is 6.07 Å². The van der Waals surface area contributed by atoms with Gasteiger partial charge in [0.15, 0.2) is 0 Å². The first-order valence-corrected chi connectivity index (χ1v) is 10.0. The number of amides is 1. The third-order valence-electron chi connectivity index (χ3n) is 4.10. The molecule has 1 amide bonds. The molecule has 4 N–H and O–H groups in total. The largest absolute Gasteiger partial charge is 0.352 e. The van der Waals surface area contributed by atoms with Crippen molar-refractivity contribution < 1.29 is 13.2 Å². The Hall–Kier alpha value is -2.09. The Morgan fingerprint density at radius 1 is 1.00 bits per heavy atom. The average molecular weight is 412 g/mol. The van der Waals surface area contributed by atoms with E-state index in [9.17, 15) is 13.2 Å². The number of nitrogens with one attached hydrogen (secondary N) is 2. The average Bonchev–Trinajstić information content (AvgIpc) is 2.61. The van der Waals surface area contributed by atoms with Crippen LogP contribution in [-0.2, 0) is 10.0 Å². The van der Waals surface area contributed by atoms with Crippen LogP contribution < -0.4 is 15.8 Å². The van der Waals surface area contributed by atoms with E-state index in [1.807, 2.05) is 13.8 Å². The summed E-state index contributed by atoms with van der Waals surface area (Å²) in [6.45, 7) is 4.97. The monoisotopic (exact) mass is 411 g/mol. The summed E-state index contributed by atoms with van der Waals surface area (Å²) in [6.07, 6.45) is 1.69. The molecule has 6 nitrogen and oxygen atoms in total. The molecule has 0 saturated heterocycles. The van der Waals surface area contributed by atoms with Gasteiger partial charge in [-0.3, -0.25) is 9.52 Å². The zero-order valence-electron chi connectivity index (χ0n) is 15.5. The molecular weight excluding hydrogens is 386 g/mol. The standard InChI is InChI=1S/C19H25N3O3S.ClH/c1-14-5-10-18(13-15(14)2)26(24,25)22-17-8-6-16(7-9-17)19(23)21-12-4-3-11-20;/h5-10,13,22H,3-4,11-12,20H2,1-2H3,(H,21,23);1H. The van der Waals surface area contributed by atoms with Gasteiger partial charge in [0.05, 0.1) is 4.90 Å². The van der Waals surface area contributed by atoms with Crippen molar-refractivity contribution in [3.63, 3.8) is 0 Å². The predicted octanol–water partition coefficient (Wildman–Crippen LogP) is 2.99. The number of nitrogens with two attached hydrogens (primary N) is 1. The fourth-order valence-corrected chi connectivity index (χ4v) is 3.50. The number of carbonyl (C=O) groups is 1. The van der Waals surface area contributed by atoms with E-state index in [0.29, 0.717) is 24.3 Å². The first-order chi connectivity index (χ1) is 12.3. The maximum Gasteiger partial charge on any atom is 0.261 e. The third kappa shape index (κ3) is 6.53. The number of halogens is 1. The summed E-state index contributed by atoms with van der Waals surface area (Å²) >= 11 is 0. The molecule has 0 fully saturated rings. The van der Waals surface area contributed by atoms with Crippen LogP contribution in [0.5, 0.6) is 0 Å². The molecular formula is C19H26ClN3O3S. The van der Waals surface area contributed by atoms with Gasteiger partial charge in [0.2, 0.25) is 0 Å². The Morgan fingerprint density at radius 3 is 2.26 bits per heavy atom. The SMILES string of the molecule is Cc1ccc(S(=O)(=O)Nc2ccc(C(=O)NCCCCN)cc2)cc1C.Cl. The second kappa shape index (κ2) is 10.3. The Labute approximate surface area is 167 Å². The second-order valence-corrected chi connectivity index (χ2v) is 7.86. The second-order valence-electron chi connectivity index (χ2n) is 6.18. The molecule has 0 aliphatic heterocycles. The minimum absolute atomic E-state index is 0. The van der Waals surface area contributed by atoms with E-state index < -0.39 is 10.0 Å². The number of carbonyl (C=O) groups excluding carboxylic acids is 1. The van der Waals surface area contributed by atoms with Crippen LogP contribution in [0.4, 0.5) is 5.69 Å². The van der Waals surface area contributed by atoms with Crippen molar-refractivity contribution in [2.24, 2.45) is 5.73 Å². The normalized spacial score (nSPS) is 10.8. The molecule has 0 saturated carbocycles. The Morgan fingerprint density at radius 2 is 1.67 bits per heavy atom. The molecule has 0 spiro atoms. The first-order valence-electron chi connectivity index (χ1n) is 8.52. The van der Waals surface area contributed by atoms with E-state index >= 15 is 0 Å². The van der Waals surface area contributed by atoms with Crippen LogP contribution in [0.25, 0.3) is 0 Å². The fraction of sp³-hybridized carbons (Fsp3) is 0.316. The van der Waals surface area contributed by atoms with Gasteiger partial charge in [-0.15, -0.1) is 12.4 Å². The van der Waals surface area contributed by atoms with Crippen LogP contribution in [0.2, 0.25) is 0 Å². The Kier molecular flexibility index (Phi) is 8.75. The number of hydrogen-bond donors (Lipinski definition) is 3. The molecule has 2 rings (SSSR count). The lowest BCUT2D eigenvalue weighted by molar-refractivity contribution is 0.0953. The lowest BCUT2D eigenvalue weighted by Crippen LogP contribution is -2.24. The fourth-order valence-electron chi connectivity index (χ4n) is 2.36. The highest BCUT2D eigenvalue weighted by Crippen LogP contribution is 2.19. The van der Waals surface area contributed by atoms with Crippen molar-refractivity contribution in [3.8, 4) is 0 Å². The van der Waals surface area contributed by atoms with Gasteiger partial charge in [-0.2, -0.15) is 0 Å². The molecule has 0 bridgehead atoms. The summed E-state index contributed by atoms with van der Waals surface area (Å²) in [7, 11) is -3.67. The number of rotatable bonds is 8. The van der Waals surface area contributed by atoms with Crippen molar-refractivity contribution >= 4 is 34.0 Å². The van der Waals surface area contributed by atoms with Crippen molar-refractivity contribution in [1.29, 1.82) is 0 Å². The third-order valence-corrected chi connectivity index (χ3v) is 5.48. The lowest BCUT2D eigenvalue weighted by Gasteiger charge is -2.10. The van der Waals surface area contributed by atoms with Crippen molar-refractivity contribution in [2.75, 3.05) is 17.8 Å². The van der Waals surface area contributed by atoms with E-state index in [1.165, 1.54) is 0 Å². The molecule has 27 heavy (non-hydrogen) atoms. The minimum Gasteiger partial charge on any atom is -0.352 e. The minimum atomic E-state index is -3.67. The van der Waals surface area contributed by atoms with Gasteiger partial charge in [0, 0.05) is 17.8 Å².